The number of benzene rings is 2. The fourth-order valence-corrected chi connectivity index (χ4v) is 4.26. The number of likely N-dealkylation sites (tertiary alicyclic amines) is 1. The predicted octanol–water partition coefficient (Wildman–Crippen LogP) is 4.45. The van der Waals surface area contributed by atoms with E-state index in [1.807, 2.05) is 42.6 Å². The predicted molar refractivity (Wildman–Crippen MR) is 130 cm³/mol. The molecule has 35 heavy (non-hydrogen) atoms. The number of amides is 2. The number of alkyl halides is 2. The molecule has 9 heteroatoms. The second-order valence-electron chi connectivity index (χ2n) is 8.28. The number of allylic oxidation sites excluding steroid dienone is 1. The van der Waals surface area contributed by atoms with Gasteiger partial charge in [0.05, 0.1) is 24.8 Å². The molecule has 0 spiro atoms. The number of fused-ring (bicyclic) bond motifs is 1. The Balaban J connectivity index is 1.55. The van der Waals surface area contributed by atoms with Gasteiger partial charge in [-0.05, 0) is 60.5 Å². The average Bonchev–Trinajstić information content (AvgIpc) is 3.45. The minimum absolute atomic E-state index is 0.258. The molecule has 3 aromatic rings. The number of hydrogen-bond donors (Lipinski definition) is 2. The van der Waals surface area contributed by atoms with Gasteiger partial charge < -0.3 is 15.2 Å². The van der Waals surface area contributed by atoms with Gasteiger partial charge in [-0.2, -0.15) is 5.26 Å². The molecule has 0 bridgehead atoms. The molecule has 0 aliphatic carbocycles. The smallest absolute Gasteiger partial charge is 0.268 e. The first-order valence-electron chi connectivity index (χ1n) is 11.0. The Morgan fingerprint density at radius 3 is 2.74 bits per heavy atom. The van der Waals surface area contributed by atoms with Gasteiger partial charge in [0.25, 0.3) is 11.8 Å². The molecule has 4 rings (SSSR count). The summed E-state index contributed by atoms with van der Waals surface area (Å²) in [6.07, 6.45) is 2.74. The van der Waals surface area contributed by atoms with Crippen LogP contribution in [0.5, 0.6) is 0 Å². The Labute approximate surface area is 200 Å². The molecule has 2 aromatic carbocycles. The number of aromatic amines is 1. The van der Waals surface area contributed by atoms with E-state index in [2.05, 4.69) is 22.0 Å². The maximum Gasteiger partial charge on any atom is 0.268 e. The molecule has 1 fully saturated rings. The first-order valence-corrected chi connectivity index (χ1v) is 11.0. The molecule has 1 saturated heterocycles. The molecule has 2 amide bonds. The number of aromatic nitrogens is 1. The fourth-order valence-electron chi connectivity index (χ4n) is 4.26. The second kappa shape index (κ2) is 9.50. The number of rotatable bonds is 6. The van der Waals surface area contributed by atoms with Crippen LogP contribution in [0, 0.1) is 11.3 Å². The first-order chi connectivity index (χ1) is 16.8. The third-order valence-corrected chi connectivity index (χ3v) is 6.02. The van der Waals surface area contributed by atoms with Crippen LogP contribution in [-0.4, -0.2) is 53.5 Å². The Bertz CT molecular complexity index is 1390. The highest BCUT2D eigenvalue weighted by Gasteiger charge is 2.47. The van der Waals surface area contributed by atoms with E-state index in [0.29, 0.717) is 11.3 Å². The van der Waals surface area contributed by atoms with Crippen LogP contribution in [0.15, 0.2) is 59.7 Å². The number of nitriles is 1. The first kappa shape index (κ1) is 23.8. The number of aliphatic imine (C=N–C) groups is 1. The molecule has 0 radical (unpaired) electrons. The van der Waals surface area contributed by atoms with Crippen molar-refractivity contribution in [1.29, 1.82) is 5.26 Å². The summed E-state index contributed by atoms with van der Waals surface area (Å²) in [4.78, 5) is 33.5. The zero-order valence-corrected chi connectivity index (χ0v) is 19.0. The number of carbonyl (C=O) groups excluding carboxylic acids is 2. The van der Waals surface area contributed by atoms with Crippen LogP contribution < -0.4 is 5.32 Å². The highest BCUT2D eigenvalue weighted by Crippen LogP contribution is 2.34. The van der Waals surface area contributed by atoms with Crippen molar-refractivity contribution >= 4 is 40.7 Å². The average molecular weight is 475 g/mol. The number of H-pyrrole nitrogens is 1. The molecule has 1 aliphatic rings. The van der Waals surface area contributed by atoms with E-state index in [-0.39, 0.29) is 5.57 Å². The number of nitrogens with zero attached hydrogens (tertiary/aromatic N) is 3. The lowest BCUT2D eigenvalue weighted by Crippen LogP contribution is -2.43. The maximum absolute atomic E-state index is 13.7. The lowest BCUT2D eigenvalue weighted by atomic mass is 9.96. The quantitative estimate of drug-likeness (QED) is 0.407. The monoisotopic (exact) mass is 475 g/mol. The van der Waals surface area contributed by atoms with Crippen molar-refractivity contribution in [3.8, 4) is 17.2 Å². The fraction of sp³-hybridized carbons (Fsp3) is 0.231. The number of nitrogens with one attached hydrogen (secondary N) is 2. The van der Waals surface area contributed by atoms with Crippen molar-refractivity contribution in [2.24, 2.45) is 4.99 Å². The van der Waals surface area contributed by atoms with Crippen molar-refractivity contribution in [2.75, 3.05) is 13.1 Å². The van der Waals surface area contributed by atoms with Gasteiger partial charge in [0, 0.05) is 29.3 Å². The number of halogens is 2. The number of hydrogen-bond acceptors (Lipinski definition) is 4. The van der Waals surface area contributed by atoms with E-state index in [0.717, 1.165) is 26.9 Å². The van der Waals surface area contributed by atoms with Crippen LogP contribution in [0.4, 0.5) is 14.5 Å². The molecule has 2 N–H and O–H groups in total. The van der Waals surface area contributed by atoms with Crippen LogP contribution in [0.3, 0.4) is 0 Å². The lowest BCUT2D eigenvalue weighted by molar-refractivity contribution is -0.133. The van der Waals surface area contributed by atoms with Gasteiger partial charge in [-0.15, -0.1) is 0 Å². The molecular formula is C26H23F2N5O2. The lowest BCUT2D eigenvalue weighted by Gasteiger charge is -2.19. The van der Waals surface area contributed by atoms with Crippen molar-refractivity contribution in [3.63, 3.8) is 0 Å². The topological polar surface area (TPSA) is 101 Å². The molecule has 1 aliphatic heterocycles. The van der Waals surface area contributed by atoms with Crippen molar-refractivity contribution in [3.05, 3.63) is 60.3 Å². The molecule has 1 aromatic heterocycles. The van der Waals surface area contributed by atoms with Gasteiger partial charge >= 0.3 is 0 Å². The third kappa shape index (κ3) is 4.82. The van der Waals surface area contributed by atoms with Gasteiger partial charge in [0.2, 0.25) is 5.91 Å². The van der Waals surface area contributed by atoms with Crippen LogP contribution in [0.1, 0.15) is 18.9 Å². The van der Waals surface area contributed by atoms with E-state index in [1.54, 1.807) is 25.1 Å². The van der Waals surface area contributed by atoms with Gasteiger partial charge in [0.1, 0.15) is 6.04 Å². The van der Waals surface area contributed by atoms with E-state index < -0.39 is 43.3 Å². The van der Waals surface area contributed by atoms with E-state index in [1.165, 1.54) is 0 Å². The maximum atomic E-state index is 13.7. The summed E-state index contributed by atoms with van der Waals surface area (Å²) < 4.78 is 27.3. The van der Waals surface area contributed by atoms with Crippen LogP contribution in [-0.2, 0) is 9.59 Å². The Kier molecular flexibility index (Phi) is 6.47. The zero-order valence-electron chi connectivity index (χ0n) is 19.0. The van der Waals surface area contributed by atoms with Gasteiger partial charge in [-0.25, -0.2) is 8.78 Å². The minimum Gasteiger partial charge on any atom is -0.361 e. The van der Waals surface area contributed by atoms with Gasteiger partial charge in [0.15, 0.2) is 0 Å². The van der Waals surface area contributed by atoms with E-state index >= 15 is 0 Å². The molecule has 0 saturated carbocycles. The van der Waals surface area contributed by atoms with E-state index in [4.69, 9.17) is 5.26 Å². The SMILES string of the molecule is C=Nc1ccc(-c2ccc3[nH]ccc3c2)cc1/C(=C\C)C(=O)NCC(=O)N1CC(F)(F)C[C@H]1C#N. The molecular weight excluding hydrogens is 452 g/mol. The summed E-state index contributed by atoms with van der Waals surface area (Å²) >= 11 is 0. The molecule has 178 valence electrons. The standard InChI is InChI=1S/C26H23F2N5O2/c1-3-20(25(35)32-14-24(34)33-15-26(27,28)12-19(33)13-29)21-11-17(5-7-23(21)30-2)16-4-6-22-18(10-16)8-9-31-22/h3-11,19,31H,2,12,14-15H2,1H3,(H,32,35)/b20-3+/t19-/m0/s1. The molecule has 0 unspecified atom stereocenters. The highest BCUT2D eigenvalue weighted by molar-refractivity contribution is 6.21. The second-order valence-corrected chi connectivity index (χ2v) is 8.28. The zero-order chi connectivity index (χ0) is 25.2. The van der Waals surface area contributed by atoms with Crippen molar-refractivity contribution < 1.29 is 18.4 Å². The minimum atomic E-state index is -3.12. The molecule has 1 atom stereocenters. The Morgan fingerprint density at radius 2 is 2.03 bits per heavy atom. The molecule has 7 nitrogen and oxygen atoms in total. The number of carbonyl (C=O) groups is 2. The largest absolute Gasteiger partial charge is 0.361 e. The summed E-state index contributed by atoms with van der Waals surface area (Å²) in [5, 5.41) is 12.6. The normalized spacial score (nSPS) is 17.3. The van der Waals surface area contributed by atoms with Crippen LogP contribution >= 0.6 is 0 Å². The summed E-state index contributed by atoms with van der Waals surface area (Å²) in [6.45, 7) is 3.91. The summed E-state index contributed by atoms with van der Waals surface area (Å²) in [7, 11) is 0. The van der Waals surface area contributed by atoms with Crippen LogP contribution in [0.25, 0.3) is 27.6 Å². The van der Waals surface area contributed by atoms with Gasteiger partial charge in [-0.1, -0.05) is 18.2 Å². The Hall–Kier alpha value is -4.32. The van der Waals surface area contributed by atoms with Crippen molar-refractivity contribution in [2.45, 2.75) is 25.3 Å². The summed E-state index contributed by atoms with van der Waals surface area (Å²) in [6, 6.07) is 13.9. The summed E-state index contributed by atoms with van der Waals surface area (Å²) in [5.74, 6) is -4.43. The highest BCUT2D eigenvalue weighted by atomic mass is 19.3. The third-order valence-electron chi connectivity index (χ3n) is 6.02. The van der Waals surface area contributed by atoms with Crippen molar-refractivity contribution in [1.82, 2.24) is 15.2 Å². The van der Waals surface area contributed by atoms with Crippen LogP contribution in [0.2, 0.25) is 0 Å². The van der Waals surface area contributed by atoms with E-state index in [9.17, 15) is 18.4 Å². The molecule has 2 heterocycles. The summed E-state index contributed by atoms with van der Waals surface area (Å²) in [5.41, 5.74) is 4.06. The Morgan fingerprint density at radius 1 is 1.29 bits per heavy atom. The van der Waals surface area contributed by atoms with Gasteiger partial charge in [-0.3, -0.25) is 14.6 Å².